The van der Waals surface area contributed by atoms with Crippen LogP contribution in [0.5, 0.6) is 0 Å². The van der Waals surface area contributed by atoms with Crippen LogP contribution in [0.25, 0.3) is 0 Å². The molecule has 13 heteroatoms. The van der Waals surface area contributed by atoms with Gasteiger partial charge >= 0.3 is 15.6 Å². The van der Waals surface area contributed by atoms with Crippen molar-refractivity contribution in [2.45, 2.75) is 6.61 Å². The third-order valence-electron chi connectivity index (χ3n) is 1.32. The van der Waals surface area contributed by atoms with E-state index in [4.69, 9.17) is 24.7 Å². The molecule has 0 bridgehead atoms. The topological polar surface area (TPSA) is 182 Å². The maximum absolute atomic E-state index is 9.63. The number of rotatable bonds is 4. The Morgan fingerprint density at radius 3 is 1.79 bits per heavy atom. The fourth-order valence-corrected chi connectivity index (χ4v) is 1.81. The Labute approximate surface area is 107 Å². The second kappa shape index (κ2) is 7.63. The van der Waals surface area contributed by atoms with Crippen LogP contribution in [0.3, 0.4) is 0 Å². The summed E-state index contributed by atoms with van der Waals surface area (Å²) in [4.78, 5) is 38.8. The molecule has 19 heavy (non-hydrogen) atoms. The fraction of sp³-hybridized carbons (Fsp3) is 0.333. The number of aromatic nitrogens is 2. The number of nitrogens with zero attached hydrogens (tertiary/aromatic N) is 2. The average Bonchev–Trinajstić information content (AvgIpc) is 2.25. The van der Waals surface area contributed by atoms with Crippen LogP contribution in [-0.4, -0.2) is 41.7 Å². The van der Waals surface area contributed by atoms with Crippen LogP contribution >= 0.6 is 15.6 Å². The number of aliphatic hydroxyl groups is 1. The first-order valence-electron chi connectivity index (χ1n) is 4.49. The smallest absolute Gasteiger partial charge is 0.392 e. The normalized spacial score (nSPS) is 11.5. The monoisotopic (exact) mass is 317 g/mol. The van der Waals surface area contributed by atoms with Gasteiger partial charge in [-0.05, 0) is 0 Å². The number of hydrogen-bond donors (Lipinski definition) is 6. The molecule has 0 aliphatic rings. The van der Waals surface area contributed by atoms with Crippen LogP contribution in [-0.2, 0) is 20.0 Å². The predicted molar refractivity (Wildman–Crippen MR) is 62.7 cm³/mol. The van der Waals surface area contributed by atoms with E-state index in [1.165, 1.54) is 0 Å². The highest BCUT2D eigenvalue weighted by Gasteiger charge is 2.27. The lowest BCUT2D eigenvalue weighted by molar-refractivity contribution is 0.225. The van der Waals surface area contributed by atoms with E-state index in [1.54, 1.807) is 19.4 Å². The van der Waals surface area contributed by atoms with Gasteiger partial charge < -0.3 is 30.0 Å². The van der Waals surface area contributed by atoms with Crippen LogP contribution in [0.2, 0.25) is 0 Å². The van der Waals surface area contributed by atoms with Gasteiger partial charge in [-0.3, -0.25) is 0 Å². The number of anilines is 1. The third kappa shape index (κ3) is 10.7. The molecule has 0 aromatic carbocycles. The van der Waals surface area contributed by atoms with E-state index in [2.05, 4.69) is 19.6 Å². The van der Waals surface area contributed by atoms with E-state index >= 15 is 0 Å². The van der Waals surface area contributed by atoms with E-state index < -0.39 is 15.6 Å². The minimum absolute atomic E-state index is 0.00993. The number of phosphoric acid groups is 2. The minimum Gasteiger partial charge on any atom is -0.392 e. The highest BCUT2D eigenvalue weighted by atomic mass is 31.3. The lowest BCUT2D eigenvalue weighted by atomic mass is 10.4. The van der Waals surface area contributed by atoms with Crippen molar-refractivity contribution >= 4 is 21.6 Å². The molecule has 1 rings (SSSR count). The van der Waals surface area contributed by atoms with Gasteiger partial charge in [0.2, 0.25) is 5.95 Å². The van der Waals surface area contributed by atoms with Gasteiger partial charge in [-0.1, -0.05) is 0 Å². The van der Waals surface area contributed by atoms with Gasteiger partial charge in [0.15, 0.2) is 0 Å². The van der Waals surface area contributed by atoms with E-state index in [-0.39, 0.29) is 6.61 Å². The summed E-state index contributed by atoms with van der Waals surface area (Å²) in [7, 11) is -8.36. The Morgan fingerprint density at radius 2 is 1.58 bits per heavy atom. The van der Waals surface area contributed by atoms with Gasteiger partial charge in [0.1, 0.15) is 0 Å². The molecule has 0 aliphatic heterocycles. The van der Waals surface area contributed by atoms with Crippen molar-refractivity contribution in [2.24, 2.45) is 0 Å². The number of aliphatic hydroxyl groups excluding tert-OH is 1. The Hall–Kier alpha value is -0.900. The summed E-state index contributed by atoms with van der Waals surface area (Å²) in [6.45, 7) is -0.00993. The van der Waals surface area contributed by atoms with Crippen molar-refractivity contribution in [3.63, 3.8) is 0 Å². The summed E-state index contributed by atoms with van der Waals surface area (Å²) in [5.41, 5.74) is 0.721. The van der Waals surface area contributed by atoms with E-state index in [1.807, 2.05) is 0 Å². The minimum atomic E-state index is -5.05. The van der Waals surface area contributed by atoms with Crippen molar-refractivity contribution in [1.29, 1.82) is 0 Å². The molecule has 1 aromatic rings. The lowest BCUT2D eigenvalue weighted by Gasteiger charge is -2.03. The summed E-state index contributed by atoms with van der Waals surface area (Å²) < 4.78 is 22.2. The summed E-state index contributed by atoms with van der Waals surface area (Å²) in [6, 6.07) is 0. The maximum Gasteiger partial charge on any atom is 0.478 e. The molecule has 11 nitrogen and oxygen atoms in total. The molecule has 0 fully saturated rings. The molecule has 0 saturated carbocycles. The van der Waals surface area contributed by atoms with Crippen molar-refractivity contribution in [2.75, 3.05) is 12.4 Å². The zero-order chi connectivity index (χ0) is 15.1. The number of hydrogen-bond acceptors (Lipinski definition) is 7. The molecule has 1 heterocycles. The first-order chi connectivity index (χ1) is 8.57. The largest absolute Gasteiger partial charge is 0.478 e. The van der Waals surface area contributed by atoms with Crippen molar-refractivity contribution in [3.05, 3.63) is 18.0 Å². The highest BCUT2D eigenvalue weighted by Crippen LogP contribution is 2.53. The molecule has 0 atom stereocenters. The molecule has 1 aromatic heterocycles. The lowest BCUT2D eigenvalue weighted by Crippen LogP contribution is -1.96. The van der Waals surface area contributed by atoms with Crippen molar-refractivity contribution < 1.29 is 38.1 Å². The Balaban J connectivity index is 0.000000344. The summed E-state index contributed by atoms with van der Waals surface area (Å²) in [5.74, 6) is 0.567. The summed E-state index contributed by atoms with van der Waals surface area (Å²) in [5, 5.41) is 11.4. The molecular formula is C6H13N3O8P2. The molecule has 0 spiro atoms. The van der Waals surface area contributed by atoms with Crippen molar-refractivity contribution in [3.8, 4) is 0 Å². The molecule has 0 aliphatic carbocycles. The fourth-order valence-electron chi connectivity index (χ4n) is 0.704. The first kappa shape index (κ1) is 18.1. The molecule has 0 radical (unpaired) electrons. The molecule has 110 valence electrons. The zero-order valence-corrected chi connectivity index (χ0v) is 11.4. The molecule has 0 unspecified atom stereocenters. The second-order valence-corrected chi connectivity index (χ2v) is 5.50. The highest BCUT2D eigenvalue weighted by molar-refractivity contribution is 7.60. The van der Waals surface area contributed by atoms with Gasteiger partial charge in [0, 0.05) is 25.0 Å². The van der Waals surface area contributed by atoms with Gasteiger partial charge in [-0.25, -0.2) is 19.1 Å². The van der Waals surface area contributed by atoms with Crippen LogP contribution in [0.15, 0.2) is 12.4 Å². The second-order valence-electron chi connectivity index (χ2n) is 2.89. The first-order valence-corrected chi connectivity index (χ1v) is 7.55. The van der Waals surface area contributed by atoms with Gasteiger partial charge in [0.05, 0.1) is 6.61 Å². The maximum atomic E-state index is 9.63. The summed E-state index contributed by atoms with van der Waals surface area (Å²) in [6.07, 6.45) is 3.16. The van der Waals surface area contributed by atoms with Crippen LogP contribution in [0.1, 0.15) is 5.56 Å². The molecule has 0 amide bonds. The third-order valence-corrected chi connectivity index (χ3v) is 3.03. The van der Waals surface area contributed by atoms with Gasteiger partial charge in [-0.15, -0.1) is 0 Å². The number of nitrogens with one attached hydrogen (secondary N) is 1. The quantitative estimate of drug-likeness (QED) is 0.382. The van der Waals surface area contributed by atoms with Crippen LogP contribution in [0.4, 0.5) is 5.95 Å². The molecule has 6 N–H and O–H groups in total. The van der Waals surface area contributed by atoms with E-state index in [0.717, 1.165) is 5.56 Å². The molecule has 0 saturated heterocycles. The Morgan fingerprint density at radius 1 is 1.16 bits per heavy atom. The molecular weight excluding hydrogens is 304 g/mol. The zero-order valence-electron chi connectivity index (χ0n) is 9.61. The van der Waals surface area contributed by atoms with Crippen molar-refractivity contribution in [1.82, 2.24) is 9.97 Å². The average molecular weight is 317 g/mol. The van der Waals surface area contributed by atoms with Gasteiger partial charge in [0.25, 0.3) is 0 Å². The van der Waals surface area contributed by atoms with Gasteiger partial charge in [-0.2, -0.15) is 4.31 Å². The van der Waals surface area contributed by atoms with E-state index in [9.17, 15) is 9.13 Å². The summed E-state index contributed by atoms with van der Waals surface area (Å²) >= 11 is 0. The predicted octanol–water partition coefficient (Wildman–Crippen LogP) is -0.801. The Bertz CT molecular complexity index is 425. The van der Waals surface area contributed by atoms with Crippen LogP contribution in [0, 0.1) is 0 Å². The van der Waals surface area contributed by atoms with E-state index in [0.29, 0.717) is 5.95 Å². The standard InChI is InChI=1S/C6H9N3O.H4O7P2/c1-7-6-8-2-5(4-10)3-9-6;1-8(2,3)7-9(4,5)6/h2-3,10H,4H2,1H3,(H,7,8,9);(H2,1,2,3)(H2,4,5,6). The van der Waals surface area contributed by atoms with Crippen LogP contribution < -0.4 is 5.32 Å². The SMILES string of the molecule is CNc1ncc(CO)cn1.O=P(O)(O)OP(=O)(O)O. The Kier molecular flexibility index (Phi) is 7.27.